The summed E-state index contributed by atoms with van der Waals surface area (Å²) in [6.07, 6.45) is -0.169. The molecule has 29 heavy (non-hydrogen) atoms. The zero-order valence-corrected chi connectivity index (χ0v) is 19.3. The van der Waals surface area contributed by atoms with Crippen LogP contribution in [0, 0.1) is 11.8 Å². The van der Waals surface area contributed by atoms with Gasteiger partial charge in [-0.1, -0.05) is 74.1 Å². The molecule has 1 heterocycles. The summed E-state index contributed by atoms with van der Waals surface area (Å²) >= 11 is 1.68. The van der Waals surface area contributed by atoms with Crippen molar-refractivity contribution in [2.75, 3.05) is 19.9 Å². The maximum atomic E-state index is 12.0. The molecular formula is C23H31O4PS. The Morgan fingerprint density at radius 2 is 1.59 bits per heavy atom. The Morgan fingerprint density at radius 1 is 0.966 bits per heavy atom. The van der Waals surface area contributed by atoms with Crippen LogP contribution in [-0.4, -0.2) is 37.6 Å². The summed E-state index contributed by atoms with van der Waals surface area (Å²) in [5, 5.41) is 0. The Kier molecular flexibility index (Phi) is 8.00. The first-order valence-electron chi connectivity index (χ1n) is 10.1. The fourth-order valence-corrected chi connectivity index (χ4v) is 5.18. The zero-order valence-electron chi connectivity index (χ0n) is 17.6. The average molecular weight is 435 g/mol. The largest absolute Gasteiger partial charge is 0.370 e. The van der Waals surface area contributed by atoms with Crippen molar-refractivity contribution in [3.8, 4) is 0 Å². The lowest BCUT2D eigenvalue weighted by Crippen LogP contribution is -2.50. The Balaban J connectivity index is 1.75. The van der Waals surface area contributed by atoms with Gasteiger partial charge in [0.15, 0.2) is 7.37 Å². The van der Waals surface area contributed by atoms with Gasteiger partial charge >= 0.3 is 0 Å². The molecule has 1 aliphatic rings. The van der Waals surface area contributed by atoms with Crippen LogP contribution in [0.15, 0.2) is 65.6 Å². The fourth-order valence-electron chi connectivity index (χ4n) is 3.43. The molecule has 0 bridgehead atoms. The number of rotatable bonds is 8. The van der Waals surface area contributed by atoms with E-state index in [1.807, 2.05) is 36.4 Å². The quantitative estimate of drug-likeness (QED) is 0.483. The summed E-state index contributed by atoms with van der Waals surface area (Å²) in [6.45, 7) is 8.56. The van der Waals surface area contributed by atoms with Gasteiger partial charge in [0.25, 0.3) is 0 Å². The highest BCUT2D eigenvalue weighted by atomic mass is 32.2. The molecule has 5 atom stereocenters. The summed E-state index contributed by atoms with van der Waals surface area (Å²) in [4.78, 5) is 1.14. The fraction of sp³-hybridized carbons (Fsp3) is 0.478. The number of benzene rings is 2. The van der Waals surface area contributed by atoms with Crippen molar-refractivity contribution in [1.82, 2.24) is 0 Å². The second-order valence-electron chi connectivity index (χ2n) is 8.00. The van der Waals surface area contributed by atoms with Gasteiger partial charge in [-0.15, -0.1) is 0 Å². The maximum Gasteiger partial charge on any atom is 0.197 e. The van der Waals surface area contributed by atoms with Crippen LogP contribution in [0.2, 0.25) is 0 Å². The summed E-state index contributed by atoms with van der Waals surface area (Å²) in [6, 6.07) is 20.5. The minimum absolute atomic E-state index is 0.0540. The van der Waals surface area contributed by atoms with Crippen molar-refractivity contribution in [3.63, 3.8) is 0 Å². The molecular weight excluding hydrogens is 403 g/mol. The van der Waals surface area contributed by atoms with Gasteiger partial charge in [0.05, 0.1) is 25.4 Å². The van der Waals surface area contributed by atoms with E-state index in [0.717, 1.165) is 10.5 Å². The van der Waals surface area contributed by atoms with E-state index in [1.165, 1.54) is 0 Å². The molecule has 2 aromatic carbocycles. The molecule has 0 aromatic heterocycles. The molecule has 1 saturated heterocycles. The van der Waals surface area contributed by atoms with Crippen LogP contribution in [0.1, 0.15) is 19.4 Å². The van der Waals surface area contributed by atoms with Gasteiger partial charge in [0.1, 0.15) is 5.44 Å². The van der Waals surface area contributed by atoms with Gasteiger partial charge in [-0.05, 0) is 29.5 Å². The minimum Gasteiger partial charge on any atom is -0.370 e. The molecule has 2 unspecified atom stereocenters. The van der Waals surface area contributed by atoms with E-state index in [1.54, 1.807) is 25.1 Å². The Morgan fingerprint density at radius 3 is 2.21 bits per heavy atom. The normalized spacial score (nSPS) is 27.7. The lowest BCUT2D eigenvalue weighted by atomic mass is 9.84. The molecule has 4 nitrogen and oxygen atoms in total. The zero-order chi connectivity index (χ0) is 20.9. The van der Waals surface area contributed by atoms with E-state index in [0.29, 0.717) is 13.2 Å². The van der Waals surface area contributed by atoms with Crippen LogP contribution >= 0.6 is 19.1 Å². The van der Waals surface area contributed by atoms with Crippen molar-refractivity contribution in [2.45, 2.75) is 43.0 Å². The topological polar surface area (TPSA) is 44.8 Å². The second kappa shape index (κ2) is 10.3. The number of ether oxygens (including phenoxy) is 2. The van der Waals surface area contributed by atoms with Crippen molar-refractivity contribution < 1.29 is 18.6 Å². The van der Waals surface area contributed by atoms with Crippen LogP contribution in [0.3, 0.4) is 0 Å². The standard InChI is InChI=1S/C23H31O4PS/c1-17-18(2)22(25-15-19-11-7-5-8-12-19)23(29-20-13-9-6-10-14-20)27-21(17)16-26-28(3,4)24/h5-14,17-18,21-23H,15-16H2,1-4H3/t17-,18-,21?,22?,23+/m0/s1. The number of hydrogen-bond acceptors (Lipinski definition) is 5. The summed E-state index contributed by atoms with van der Waals surface area (Å²) in [5.41, 5.74) is 0.994. The third-order valence-electron chi connectivity index (χ3n) is 5.34. The predicted octanol–water partition coefficient (Wildman–Crippen LogP) is 5.92. The molecule has 2 aromatic rings. The predicted molar refractivity (Wildman–Crippen MR) is 120 cm³/mol. The number of hydrogen-bond donors (Lipinski definition) is 0. The highest BCUT2D eigenvalue weighted by Gasteiger charge is 2.43. The van der Waals surface area contributed by atoms with E-state index < -0.39 is 7.37 Å². The highest BCUT2D eigenvalue weighted by molar-refractivity contribution is 7.99. The molecule has 0 spiro atoms. The van der Waals surface area contributed by atoms with Crippen LogP contribution in [0.4, 0.5) is 0 Å². The third kappa shape index (κ3) is 6.70. The number of thioether (sulfide) groups is 1. The van der Waals surface area contributed by atoms with Gasteiger partial charge in [0, 0.05) is 18.2 Å². The van der Waals surface area contributed by atoms with Crippen LogP contribution in [0.5, 0.6) is 0 Å². The summed E-state index contributed by atoms with van der Waals surface area (Å²) in [5.74, 6) is 0.505. The summed E-state index contributed by atoms with van der Waals surface area (Å²) in [7, 11) is -2.55. The molecule has 158 valence electrons. The first kappa shape index (κ1) is 22.6. The van der Waals surface area contributed by atoms with E-state index in [9.17, 15) is 4.57 Å². The molecule has 6 heteroatoms. The first-order chi connectivity index (χ1) is 13.8. The SMILES string of the molecule is C[C@@H]1C(COP(C)(C)=O)O[C@H](Sc2ccccc2)C(OCc2ccccc2)[C@H]1C. The highest BCUT2D eigenvalue weighted by Crippen LogP contribution is 2.43. The monoisotopic (exact) mass is 434 g/mol. The Bertz CT molecular complexity index is 795. The first-order valence-corrected chi connectivity index (χ1v) is 13.5. The molecule has 0 N–H and O–H groups in total. The van der Waals surface area contributed by atoms with Gasteiger partial charge in [-0.2, -0.15) is 0 Å². The average Bonchev–Trinajstić information content (AvgIpc) is 2.70. The molecule has 3 rings (SSSR count). The molecule has 0 saturated carbocycles. The van der Waals surface area contributed by atoms with Crippen LogP contribution in [0.25, 0.3) is 0 Å². The van der Waals surface area contributed by atoms with E-state index >= 15 is 0 Å². The minimum atomic E-state index is -2.55. The van der Waals surface area contributed by atoms with E-state index in [-0.39, 0.29) is 29.5 Å². The van der Waals surface area contributed by atoms with Gasteiger partial charge < -0.3 is 14.0 Å². The van der Waals surface area contributed by atoms with Crippen molar-refractivity contribution in [3.05, 3.63) is 66.2 Å². The third-order valence-corrected chi connectivity index (χ3v) is 7.27. The van der Waals surface area contributed by atoms with E-state index in [4.69, 9.17) is 14.0 Å². The van der Waals surface area contributed by atoms with E-state index in [2.05, 4.69) is 38.1 Å². The summed E-state index contributed by atoms with van der Waals surface area (Å²) < 4.78 is 30.5. The van der Waals surface area contributed by atoms with Crippen LogP contribution < -0.4 is 0 Å². The molecule has 1 aliphatic heterocycles. The lowest BCUT2D eigenvalue weighted by Gasteiger charge is -2.44. The van der Waals surface area contributed by atoms with Crippen molar-refractivity contribution in [2.24, 2.45) is 11.8 Å². The molecule has 1 fully saturated rings. The lowest BCUT2D eigenvalue weighted by molar-refractivity contribution is -0.166. The smallest absolute Gasteiger partial charge is 0.197 e. The Hall–Kier alpha value is -1.10. The maximum absolute atomic E-state index is 12.0. The molecule has 0 aliphatic carbocycles. The molecule has 0 amide bonds. The van der Waals surface area contributed by atoms with Crippen molar-refractivity contribution >= 4 is 19.1 Å². The van der Waals surface area contributed by atoms with Gasteiger partial charge in [-0.25, -0.2) is 0 Å². The Labute approximate surface area is 178 Å². The van der Waals surface area contributed by atoms with Crippen LogP contribution in [-0.2, 0) is 25.2 Å². The van der Waals surface area contributed by atoms with Crippen molar-refractivity contribution in [1.29, 1.82) is 0 Å². The van der Waals surface area contributed by atoms with Gasteiger partial charge in [0.2, 0.25) is 0 Å². The second-order valence-corrected chi connectivity index (χ2v) is 11.9. The van der Waals surface area contributed by atoms with Gasteiger partial charge in [-0.3, -0.25) is 4.57 Å². The molecule has 0 radical (unpaired) electrons.